The van der Waals surface area contributed by atoms with Crippen LogP contribution in [-0.4, -0.2) is 3.21 Å². The molecule has 0 N–H and O–H groups in total. The Kier molecular flexibility index (Phi) is 15.9. The van der Waals surface area contributed by atoms with Gasteiger partial charge in [-0.15, -0.1) is 11.1 Å². The molecule has 0 aliphatic heterocycles. The van der Waals surface area contributed by atoms with Crippen LogP contribution in [0.5, 0.6) is 0 Å². The van der Waals surface area contributed by atoms with Gasteiger partial charge in [0, 0.05) is 0 Å². The smallest absolute Gasteiger partial charge is 1.00 e. The predicted octanol–water partition coefficient (Wildman–Crippen LogP) is 5.88. The second-order valence-electron chi connectivity index (χ2n) is 15.6. The molecule has 1 unspecified atom stereocenters. The molecular formula is C43H56Cl2Zr-2. The summed E-state index contributed by atoms with van der Waals surface area (Å²) in [6.45, 7) is 29.2. The van der Waals surface area contributed by atoms with E-state index in [0.29, 0.717) is 11.3 Å². The van der Waals surface area contributed by atoms with E-state index in [9.17, 15) is 0 Å². The van der Waals surface area contributed by atoms with Crippen LogP contribution in [0.25, 0.3) is 11.1 Å². The first-order chi connectivity index (χ1) is 20.3. The van der Waals surface area contributed by atoms with Crippen molar-refractivity contribution in [3.63, 3.8) is 0 Å². The van der Waals surface area contributed by atoms with Crippen LogP contribution in [0.4, 0.5) is 0 Å². The molecule has 0 saturated heterocycles. The second kappa shape index (κ2) is 17.2. The van der Waals surface area contributed by atoms with Gasteiger partial charge in [-0.05, 0) is 28.4 Å². The minimum Gasteiger partial charge on any atom is -1.00 e. The summed E-state index contributed by atoms with van der Waals surface area (Å²) in [5, 5.41) is 0. The van der Waals surface area contributed by atoms with E-state index in [-0.39, 0.29) is 35.6 Å². The number of benzene rings is 3. The summed E-state index contributed by atoms with van der Waals surface area (Å²) in [7, 11) is 0. The molecule has 3 aromatic carbocycles. The number of aryl methyl sites for hydroxylation is 1. The van der Waals surface area contributed by atoms with Gasteiger partial charge in [-0.3, -0.25) is 6.08 Å². The minimum absolute atomic E-state index is 0. The van der Waals surface area contributed by atoms with Gasteiger partial charge in [0.05, 0.1) is 0 Å². The van der Waals surface area contributed by atoms with E-state index in [1.54, 1.807) is 0 Å². The fraction of sp³-hybridized carbons (Fsp3) is 0.465. The topological polar surface area (TPSA) is 0 Å². The van der Waals surface area contributed by atoms with Crippen LogP contribution in [0.2, 0.25) is 0 Å². The molecule has 2 aliphatic carbocycles. The largest absolute Gasteiger partial charge is 1.00 e. The van der Waals surface area contributed by atoms with Crippen LogP contribution in [0.1, 0.15) is 129 Å². The van der Waals surface area contributed by atoms with Gasteiger partial charge >= 0.3 is 76.7 Å². The van der Waals surface area contributed by atoms with Gasteiger partial charge in [-0.25, -0.2) is 5.57 Å². The van der Waals surface area contributed by atoms with Gasteiger partial charge in [0.25, 0.3) is 0 Å². The molecule has 0 bridgehead atoms. The molecule has 0 heterocycles. The molecule has 0 amide bonds. The third-order valence-electron chi connectivity index (χ3n) is 8.60. The molecule has 1 atom stereocenters. The maximum absolute atomic E-state index is 3.67. The van der Waals surface area contributed by atoms with Crippen molar-refractivity contribution in [2.45, 2.75) is 120 Å². The summed E-state index contributed by atoms with van der Waals surface area (Å²) >= 11 is 1.51. The average Bonchev–Trinajstić information content (AvgIpc) is 3.54. The van der Waals surface area contributed by atoms with Gasteiger partial charge in [0.2, 0.25) is 0 Å². The zero-order chi connectivity index (χ0) is 33.0. The van der Waals surface area contributed by atoms with Crippen molar-refractivity contribution < 1.29 is 49.0 Å². The summed E-state index contributed by atoms with van der Waals surface area (Å²) in [5.41, 5.74) is 14.7. The molecular weight excluding hydrogens is 679 g/mol. The van der Waals surface area contributed by atoms with E-state index >= 15 is 0 Å². The van der Waals surface area contributed by atoms with Gasteiger partial charge in [-0.2, -0.15) is 35.4 Å². The standard InChI is InChI=1S/C21H25.C13H21.C9H10.2ClH.Zr/c1-20(2,3)16-7-9-18-14(12-16)11-15-13-17(21(4,5)6)8-10-19(15)18;1-6-10-8-11(7-2)12(9-10)13(3,4)5;1-3-9-6-4-8(2)5-7-9;;;/h7-10,12H,11H2,1-6H3;9-10H,6-7H2,1-5H3;4-7H,1-2H3;2*1H;/q2*-1;;;;+2/p-2. The Morgan fingerprint density at radius 2 is 1.37 bits per heavy atom. The van der Waals surface area contributed by atoms with Gasteiger partial charge in [0.1, 0.15) is 0 Å². The zero-order valence-corrected chi connectivity index (χ0v) is 34.7. The predicted molar refractivity (Wildman–Crippen MR) is 190 cm³/mol. The first-order valence-corrected chi connectivity index (χ1v) is 17.7. The third-order valence-corrected chi connectivity index (χ3v) is 9.31. The van der Waals surface area contributed by atoms with Gasteiger partial charge < -0.3 is 24.8 Å². The van der Waals surface area contributed by atoms with Crippen molar-refractivity contribution in [1.82, 2.24) is 0 Å². The van der Waals surface area contributed by atoms with Crippen LogP contribution in [-0.2, 0) is 41.5 Å². The molecule has 248 valence electrons. The molecule has 0 saturated carbocycles. The van der Waals surface area contributed by atoms with E-state index in [0.717, 1.165) is 12.8 Å². The number of hydrogen-bond acceptors (Lipinski definition) is 0. The quantitative estimate of drug-likeness (QED) is 0.231. The normalized spacial score (nSPS) is 15.0. The van der Waals surface area contributed by atoms with Crippen molar-refractivity contribution in [2.75, 3.05) is 0 Å². The maximum Gasteiger partial charge on any atom is -1.00 e. The molecule has 0 aromatic heterocycles. The maximum atomic E-state index is 3.67. The van der Waals surface area contributed by atoms with E-state index in [4.69, 9.17) is 0 Å². The zero-order valence-electron chi connectivity index (χ0n) is 30.7. The van der Waals surface area contributed by atoms with Crippen molar-refractivity contribution in [2.24, 2.45) is 11.3 Å². The molecule has 5 rings (SSSR count). The van der Waals surface area contributed by atoms with Crippen LogP contribution >= 0.6 is 0 Å². The summed E-state index contributed by atoms with van der Waals surface area (Å²) < 4.78 is 1.46. The fourth-order valence-corrected chi connectivity index (χ4v) is 6.10. The first kappa shape index (κ1) is 42.5. The summed E-state index contributed by atoms with van der Waals surface area (Å²) in [5.74, 6) is 0.573. The number of halogens is 2. The van der Waals surface area contributed by atoms with E-state index in [2.05, 4.69) is 163 Å². The van der Waals surface area contributed by atoms with Crippen LogP contribution < -0.4 is 24.8 Å². The van der Waals surface area contributed by atoms with Crippen molar-refractivity contribution in [3.8, 4) is 11.1 Å². The van der Waals surface area contributed by atoms with Crippen LogP contribution in [0.15, 0.2) is 71.8 Å². The van der Waals surface area contributed by atoms with Crippen molar-refractivity contribution in [1.29, 1.82) is 0 Å². The second-order valence-corrected chi connectivity index (χ2v) is 17.5. The van der Waals surface area contributed by atoms with E-state index in [1.165, 1.54) is 89.5 Å². The minimum atomic E-state index is 0. The summed E-state index contributed by atoms with van der Waals surface area (Å²) in [4.78, 5) is 0. The Labute approximate surface area is 310 Å². The molecule has 0 spiro atoms. The molecule has 3 aromatic rings. The molecule has 46 heavy (non-hydrogen) atoms. The molecule has 3 heteroatoms. The van der Waals surface area contributed by atoms with Crippen molar-refractivity contribution >= 4 is 3.21 Å². The first-order valence-electron chi connectivity index (χ1n) is 16.5. The number of fused-ring (bicyclic) bond motifs is 3. The summed E-state index contributed by atoms with van der Waals surface area (Å²) in [6.07, 6.45) is 9.31. The Hall–Kier alpha value is -1.53. The van der Waals surface area contributed by atoms with Gasteiger partial charge in [0.15, 0.2) is 0 Å². The van der Waals surface area contributed by atoms with Gasteiger partial charge in [-0.1, -0.05) is 124 Å². The average molecular weight is 735 g/mol. The van der Waals surface area contributed by atoms with Crippen LogP contribution in [0.3, 0.4) is 0 Å². The van der Waals surface area contributed by atoms with E-state index in [1.807, 2.05) is 0 Å². The monoisotopic (exact) mass is 732 g/mol. The van der Waals surface area contributed by atoms with E-state index < -0.39 is 0 Å². The number of allylic oxidation sites excluding steroid dienone is 4. The van der Waals surface area contributed by atoms with Crippen molar-refractivity contribution in [3.05, 3.63) is 117 Å². The molecule has 0 radical (unpaired) electrons. The number of hydrogen-bond donors (Lipinski definition) is 0. The Bertz CT molecular complexity index is 1460. The Morgan fingerprint density at radius 1 is 0.783 bits per heavy atom. The third kappa shape index (κ3) is 11.3. The molecule has 0 fully saturated rings. The van der Waals surface area contributed by atoms with Crippen LogP contribution in [0, 0.1) is 30.4 Å². The molecule has 0 nitrogen and oxygen atoms in total. The SMILES string of the molecule is CC(C)(C)c1[c-]c2c(cc1)-c1ccc(C(C)(C)C)cc1C2.CCC1=[C-]C(CC)C=C1C(C)(C)C.C[C](=[Zr+2])c1ccc(C)cc1.[Cl-].[Cl-]. The Balaban J connectivity index is 0.000000366. The number of rotatable bonds is 3. The summed E-state index contributed by atoms with van der Waals surface area (Å²) in [6, 6.07) is 23.8. The molecule has 2 aliphatic rings. The Morgan fingerprint density at radius 3 is 1.83 bits per heavy atom. The fourth-order valence-electron chi connectivity index (χ4n) is 5.69.